The highest BCUT2D eigenvalue weighted by Gasteiger charge is 2.19. The summed E-state index contributed by atoms with van der Waals surface area (Å²) in [6.07, 6.45) is 1.83. The van der Waals surface area contributed by atoms with Crippen LogP contribution in [0, 0.1) is 0 Å². The zero-order chi connectivity index (χ0) is 10.1. The van der Waals surface area contributed by atoms with Crippen molar-refractivity contribution >= 4 is 16.3 Å². The molecule has 0 spiro atoms. The van der Waals surface area contributed by atoms with E-state index in [1.54, 1.807) is 0 Å². The Kier molecular flexibility index (Phi) is 3.99. The van der Waals surface area contributed by atoms with Gasteiger partial charge in [-0.05, 0) is 6.07 Å². The second-order valence-corrected chi connectivity index (χ2v) is 3.52. The molecule has 1 heterocycles. The zero-order valence-corrected chi connectivity index (χ0v) is 8.23. The van der Waals surface area contributed by atoms with E-state index in [-0.39, 0.29) is 18.0 Å². The highest BCUT2D eigenvalue weighted by molar-refractivity contribution is 7.79. The SMILES string of the molecule is O=C(O)c1ccc[n+](S(=O)(=O)O)c1.[Cl-]. The lowest BCUT2D eigenvalue weighted by Gasteiger charge is -1.91. The Morgan fingerprint density at radius 2 is 2.00 bits per heavy atom. The number of rotatable bonds is 2. The molecule has 0 aliphatic heterocycles. The van der Waals surface area contributed by atoms with Crippen molar-refractivity contribution in [3.05, 3.63) is 30.1 Å². The molecule has 0 aliphatic carbocycles. The highest BCUT2D eigenvalue weighted by atomic mass is 35.5. The van der Waals surface area contributed by atoms with Gasteiger partial charge in [0.15, 0.2) is 6.20 Å². The Morgan fingerprint density at radius 3 is 2.43 bits per heavy atom. The van der Waals surface area contributed by atoms with Crippen LogP contribution in [0.5, 0.6) is 0 Å². The van der Waals surface area contributed by atoms with Crippen molar-refractivity contribution in [2.45, 2.75) is 0 Å². The molecule has 78 valence electrons. The first-order valence-electron chi connectivity index (χ1n) is 3.14. The van der Waals surface area contributed by atoms with Crippen LogP contribution >= 0.6 is 0 Å². The third kappa shape index (κ3) is 2.95. The number of pyridine rings is 1. The normalized spacial score (nSPS) is 10.4. The predicted molar refractivity (Wildman–Crippen MR) is 40.5 cm³/mol. The minimum atomic E-state index is -4.41. The minimum Gasteiger partial charge on any atom is -1.00 e. The van der Waals surface area contributed by atoms with Crippen LogP contribution in [-0.4, -0.2) is 24.0 Å². The molecule has 0 bridgehead atoms. The first-order valence-corrected chi connectivity index (χ1v) is 4.53. The van der Waals surface area contributed by atoms with Crippen molar-refractivity contribution in [1.82, 2.24) is 0 Å². The summed E-state index contributed by atoms with van der Waals surface area (Å²) in [5.41, 5.74) is -0.222. The van der Waals surface area contributed by atoms with E-state index < -0.39 is 16.3 Å². The van der Waals surface area contributed by atoms with Crippen LogP contribution in [-0.2, 0) is 10.3 Å². The van der Waals surface area contributed by atoms with Crippen molar-refractivity contribution in [1.29, 1.82) is 0 Å². The molecule has 1 rings (SSSR count). The number of carboxylic acid groups (broad SMARTS) is 1. The number of hydrogen-bond donors (Lipinski definition) is 2. The van der Waals surface area contributed by atoms with E-state index in [1.807, 2.05) is 0 Å². The van der Waals surface area contributed by atoms with Gasteiger partial charge in [0.05, 0.1) is 0 Å². The summed E-state index contributed by atoms with van der Waals surface area (Å²) >= 11 is 0. The molecule has 14 heavy (non-hydrogen) atoms. The molecule has 6 nitrogen and oxygen atoms in total. The quantitative estimate of drug-likeness (QED) is 0.410. The molecule has 0 atom stereocenters. The van der Waals surface area contributed by atoms with E-state index >= 15 is 0 Å². The van der Waals surface area contributed by atoms with Gasteiger partial charge in [-0.15, -0.1) is 8.42 Å². The summed E-state index contributed by atoms with van der Waals surface area (Å²) in [5.74, 6) is -1.27. The highest BCUT2D eigenvalue weighted by Crippen LogP contribution is 1.93. The summed E-state index contributed by atoms with van der Waals surface area (Å²) in [6, 6.07) is 2.42. The van der Waals surface area contributed by atoms with Gasteiger partial charge < -0.3 is 17.5 Å². The third-order valence-electron chi connectivity index (χ3n) is 1.29. The van der Waals surface area contributed by atoms with Gasteiger partial charge in [-0.1, -0.05) is 3.97 Å². The van der Waals surface area contributed by atoms with Gasteiger partial charge in [0.1, 0.15) is 5.56 Å². The fraction of sp³-hybridized carbons (Fsp3) is 0. The zero-order valence-electron chi connectivity index (χ0n) is 6.66. The number of aromatic carboxylic acids is 1. The van der Waals surface area contributed by atoms with Gasteiger partial charge in [-0.25, -0.2) is 9.35 Å². The number of halogens is 1. The number of nitrogens with zero attached hydrogens (tertiary/aromatic N) is 1. The van der Waals surface area contributed by atoms with E-state index in [0.717, 1.165) is 12.4 Å². The Labute approximate surface area is 86.1 Å². The minimum absolute atomic E-state index is 0. The molecule has 0 fully saturated rings. The first-order chi connectivity index (χ1) is 5.91. The van der Waals surface area contributed by atoms with E-state index in [4.69, 9.17) is 9.66 Å². The second kappa shape index (κ2) is 4.36. The lowest BCUT2D eigenvalue weighted by molar-refractivity contribution is -0.519. The van der Waals surface area contributed by atoms with Crippen LogP contribution in [0.2, 0.25) is 0 Å². The van der Waals surface area contributed by atoms with Crippen molar-refractivity contribution in [3.63, 3.8) is 0 Å². The van der Waals surface area contributed by atoms with Crippen LogP contribution in [0.15, 0.2) is 24.5 Å². The molecular formula is C6H6ClNO5S. The monoisotopic (exact) mass is 239 g/mol. The maximum absolute atomic E-state index is 10.5. The maximum atomic E-state index is 10.5. The number of carbonyl (C=O) groups is 1. The van der Waals surface area contributed by atoms with E-state index in [9.17, 15) is 13.2 Å². The third-order valence-corrected chi connectivity index (χ3v) is 2.05. The van der Waals surface area contributed by atoms with Gasteiger partial charge in [-0.3, -0.25) is 0 Å². The Morgan fingerprint density at radius 1 is 1.43 bits per heavy atom. The van der Waals surface area contributed by atoms with Crippen LogP contribution in [0.25, 0.3) is 0 Å². The predicted octanol–water partition coefficient (Wildman–Crippen LogP) is -3.67. The summed E-state index contributed by atoms with van der Waals surface area (Å²) in [7, 11) is -4.41. The van der Waals surface area contributed by atoms with Crippen molar-refractivity contribution in [2.24, 2.45) is 0 Å². The molecule has 0 saturated carbocycles. The van der Waals surface area contributed by atoms with Gasteiger partial charge in [0.2, 0.25) is 6.20 Å². The second-order valence-electron chi connectivity index (χ2n) is 2.21. The molecule has 0 aromatic carbocycles. The number of hydrogen-bond acceptors (Lipinski definition) is 3. The van der Waals surface area contributed by atoms with E-state index in [0.29, 0.717) is 3.97 Å². The molecule has 1 aromatic rings. The summed E-state index contributed by atoms with van der Waals surface area (Å²) in [5, 5.41) is 8.49. The first kappa shape index (κ1) is 12.8. The molecule has 0 aliphatic rings. The largest absolute Gasteiger partial charge is 1.00 e. The lowest BCUT2D eigenvalue weighted by Crippen LogP contribution is -3.00. The van der Waals surface area contributed by atoms with Crippen molar-refractivity contribution in [3.8, 4) is 0 Å². The smallest absolute Gasteiger partial charge is 0.511 e. The van der Waals surface area contributed by atoms with Crippen LogP contribution < -0.4 is 16.4 Å². The standard InChI is InChI=1S/C6H5NO5S.ClH/c8-6(9)5-2-1-3-7(4-5)13(10,11)12;/h1-4H,(H-,8,9,10,11,12);1H. The average Bonchev–Trinajstić information content (AvgIpc) is 2.03. The molecule has 0 radical (unpaired) electrons. The Hall–Kier alpha value is -1.18. The van der Waals surface area contributed by atoms with Gasteiger partial charge in [0, 0.05) is 6.07 Å². The average molecular weight is 240 g/mol. The Balaban J connectivity index is 0.00000169. The molecule has 1 aromatic heterocycles. The maximum Gasteiger partial charge on any atom is 0.511 e. The molecular weight excluding hydrogens is 234 g/mol. The molecule has 0 saturated heterocycles. The fourth-order valence-electron chi connectivity index (χ4n) is 0.725. The molecule has 0 unspecified atom stereocenters. The van der Waals surface area contributed by atoms with Crippen LogP contribution in [0.4, 0.5) is 0 Å². The summed E-state index contributed by atoms with van der Waals surface area (Å²) < 4.78 is 30.0. The molecule has 2 N–H and O–H groups in total. The van der Waals surface area contributed by atoms with Crippen molar-refractivity contribution in [2.75, 3.05) is 0 Å². The lowest BCUT2D eigenvalue weighted by atomic mass is 10.3. The molecule has 8 heteroatoms. The summed E-state index contributed by atoms with van der Waals surface area (Å²) in [6.45, 7) is 0. The van der Waals surface area contributed by atoms with Gasteiger partial charge in [0.25, 0.3) is 0 Å². The topological polar surface area (TPSA) is 95.5 Å². The summed E-state index contributed by atoms with van der Waals surface area (Å²) in [4.78, 5) is 10.4. The van der Waals surface area contributed by atoms with E-state index in [2.05, 4.69) is 0 Å². The number of carboxylic acids is 1. The number of aromatic nitrogens is 1. The molecule has 0 amide bonds. The fourth-order valence-corrected chi connectivity index (χ4v) is 1.20. The van der Waals surface area contributed by atoms with E-state index in [1.165, 1.54) is 12.1 Å². The van der Waals surface area contributed by atoms with Gasteiger partial charge in [-0.2, -0.15) is 0 Å². The van der Waals surface area contributed by atoms with Gasteiger partial charge >= 0.3 is 16.3 Å². The van der Waals surface area contributed by atoms with Crippen LogP contribution in [0.3, 0.4) is 0 Å². The Bertz CT molecular complexity index is 443. The van der Waals surface area contributed by atoms with Crippen LogP contribution in [0.1, 0.15) is 10.4 Å². The van der Waals surface area contributed by atoms with Crippen molar-refractivity contribution < 1.29 is 39.3 Å².